The highest BCUT2D eigenvalue weighted by atomic mass is 31.2. The first-order valence-corrected chi connectivity index (χ1v) is 37.3. The van der Waals surface area contributed by atoms with Gasteiger partial charge in [0.2, 0.25) is 5.91 Å². The smallest absolute Gasteiger partial charge is 0.390 e. The van der Waals surface area contributed by atoms with Crippen LogP contribution >= 0.6 is 15.6 Å². The summed E-state index contributed by atoms with van der Waals surface area (Å²) in [6.07, 6.45) is -0.752. The molecule has 1 heterocycles. The third kappa shape index (κ3) is 31.1. The molecule has 1 aliphatic heterocycles. The predicted molar refractivity (Wildman–Crippen MR) is 333 cm³/mol. The Hall–Kier alpha value is -0.950. The van der Waals surface area contributed by atoms with Crippen LogP contribution in [0, 0.1) is 0 Å². The van der Waals surface area contributed by atoms with Crippen molar-refractivity contribution in [1.29, 1.82) is 0 Å². The highest BCUT2D eigenvalue weighted by Crippen LogP contribution is 2.49. The van der Waals surface area contributed by atoms with Gasteiger partial charge in [-0.25, -0.2) is 9.13 Å². The first kappa shape index (κ1) is 83.3. The molecular weight excluding hydrogens is 1220 g/mol. The van der Waals surface area contributed by atoms with E-state index in [4.69, 9.17) is 27.6 Å². The van der Waals surface area contributed by atoms with E-state index in [0.717, 1.165) is 64.2 Å². The average molecular weight is 1340 g/mol. The Labute approximate surface area is 534 Å². The molecule has 0 aromatic heterocycles. The fourth-order valence-electron chi connectivity index (χ4n) is 12.0. The second kappa shape index (κ2) is 46.3. The lowest BCUT2D eigenvalue weighted by molar-refractivity contribution is -0.337. The van der Waals surface area contributed by atoms with Gasteiger partial charge in [-0.15, -0.1) is 0 Å². The van der Waals surface area contributed by atoms with E-state index in [-0.39, 0.29) is 12.8 Å². The van der Waals surface area contributed by atoms with Crippen LogP contribution in [0.25, 0.3) is 0 Å². The highest BCUT2D eigenvalue weighted by Gasteiger charge is 2.56. The van der Waals surface area contributed by atoms with Gasteiger partial charge in [-0.3, -0.25) is 22.9 Å². The number of nitrogens with one attached hydrogen (secondary N) is 1. The van der Waals surface area contributed by atoms with Crippen LogP contribution in [0.15, 0.2) is 0 Å². The molecule has 2 aliphatic carbocycles. The van der Waals surface area contributed by atoms with Gasteiger partial charge in [-0.2, -0.15) is 0 Å². The normalized spacial score (nSPS) is 31.4. The van der Waals surface area contributed by atoms with Crippen molar-refractivity contribution < 1.29 is 123 Å². The van der Waals surface area contributed by atoms with E-state index in [0.29, 0.717) is 12.8 Å². The standard InChI is InChI=1S/C62H121NO25P2/c1-3-5-7-9-11-13-15-17-19-20-21-22-23-24-25-27-29-31-33-35-37-39-45(65)63-42(46(66)43(64)38-36-34-32-30-28-26-18-16-14-12-10-8-6-4-2)40-83-89(79,80)88-61-57(77)53(73)52(72)56(76)60(61)86-62-58(78)48(68)47(67)44(85-62)41-84-90(81,82)87-59-54(74)50(70)49(69)51(71)55(59)75/h42-44,46-62,64,66-78H,3-41H2,1-2H3,(H,63,65)(H,79,80)(H,81,82)/t42-,43+,44+,46-,47+,48?,49?,50+,51?,52?,53?,54?,55?,56+,57?,58?,59?,60?,61-,62+/m0/s1. The quantitative estimate of drug-likeness (QED) is 0.0277. The summed E-state index contributed by atoms with van der Waals surface area (Å²) in [6.45, 7) is 2.22. The second-order valence-corrected chi connectivity index (χ2v) is 28.4. The van der Waals surface area contributed by atoms with E-state index in [1.807, 2.05) is 0 Å². The Morgan fingerprint density at radius 2 is 0.733 bits per heavy atom. The zero-order chi connectivity index (χ0) is 66.7. The molecule has 3 aliphatic rings. The van der Waals surface area contributed by atoms with Crippen molar-refractivity contribution in [2.24, 2.45) is 0 Å². The second-order valence-electron chi connectivity index (χ2n) is 25.6. The maximum absolute atomic E-state index is 13.8. The van der Waals surface area contributed by atoms with Crippen molar-refractivity contribution in [1.82, 2.24) is 5.32 Å². The summed E-state index contributed by atoms with van der Waals surface area (Å²) >= 11 is 0. The molecule has 2 saturated carbocycles. The van der Waals surface area contributed by atoms with Crippen molar-refractivity contribution in [3.05, 3.63) is 0 Å². The highest BCUT2D eigenvalue weighted by molar-refractivity contribution is 7.47. The van der Waals surface area contributed by atoms with E-state index >= 15 is 0 Å². The number of aliphatic hydroxyl groups excluding tert-OH is 14. The molecule has 28 heteroatoms. The topological polar surface area (TPSA) is 442 Å². The van der Waals surface area contributed by atoms with Crippen molar-refractivity contribution in [3.63, 3.8) is 0 Å². The molecule has 17 N–H and O–H groups in total. The monoisotopic (exact) mass is 1340 g/mol. The van der Waals surface area contributed by atoms with Gasteiger partial charge >= 0.3 is 15.6 Å². The van der Waals surface area contributed by atoms with Gasteiger partial charge in [0.05, 0.1) is 25.4 Å². The van der Waals surface area contributed by atoms with Crippen LogP contribution in [0.4, 0.5) is 0 Å². The number of hydrogen-bond acceptors (Lipinski definition) is 23. The number of rotatable bonds is 52. The minimum atomic E-state index is -5.61. The third-order valence-electron chi connectivity index (χ3n) is 17.9. The number of unbranched alkanes of at least 4 members (excludes halogenated alkanes) is 33. The number of phosphoric ester groups is 2. The third-order valence-corrected chi connectivity index (χ3v) is 19.9. The van der Waals surface area contributed by atoms with Crippen LogP contribution < -0.4 is 5.32 Å². The van der Waals surface area contributed by atoms with Gasteiger partial charge in [0.25, 0.3) is 0 Å². The zero-order valence-corrected chi connectivity index (χ0v) is 55.6. The molecule has 3 fully saturated rings. The van der Waals surface area contributed by atoms with E-state index in [2.05, 4.69) is 19.2 Å². The maximum Gasteiger partial charge on any atom is 0.472 e. The molecule has 0 spiro atoms. The molecule has 3 rings (SSSR count). The molecule has 0 radical (unpaired) electrons. The van der Waals surface area contributed by atoms with Crippen LogP contribution in [0.5, 0.6) is 0 Å². The lowest BCUT2D eigenvalue weighted by Gasteiger charge is -2.47. The largest absolute Gasteiger partial charge is 0.472 e. The molecule has 22 atom stereocenters. The number of phosphoric acid groups is 2. The summed E-state index contributed by atoms with van der Waals surface area (Å²) < 4.78 is 57.9. The molecule has 1 saturated heterocycles. The van der Waals surface area contributed by atoms with Gasteiger partial charge in [-0.05, 0) is 12.8 Å². The van der Waals surface area contributed by atoms with Crippen LogP contribution in [0.2, 0.25) is 0 Å². The fraction of sp³-hybridized carbons (Fsp3) is 0.984. The van der Waals surface area contributed by atoms with E-state index in [9.17, 15) is 95.2 Å². The number of carbonyl (C=O) groups excluding carboxylic acids is 1. The molecule has 534 valence electrons. The molecule has 1 amide bonds. The Morgan fingerprint density at radius 1 is 0.411 bits per heavy atom. The van der Waals surface area contributed by atoms with Crippen LogP contribution in [0.1, 0.15) is 251 Å². The number of carbonyl (C=O) groups is 1. The summed E-state index contributed by atoms with van der Waals surface area (Å²) in [5.74, 6) is -0.548. The summed E-state index contributed by atoms with van der Waals surface area (Å²) in [5, 5.41) is 152. The van der Waals surface area contributed by atoms with E-state index < -0.39 is 157 Å². The molecule has 0 aromatic carbocycles. The Balaban J connectivity index is 1.59. The lowest BCUT2D eigenvalue weighted by atomic mass is 9.84. The van der Waals surface area contributed by atoms with Gasteiger partial charge in [0.15, 0.2) is 6.29 Å². The van der Waals surface area contributed by atoms with Crippen molar-refractivity contribution in [2.75, 3.05) is 13.2 Å². The van der Waals surface area contributed by atoms with E-state index in [1.54, 1.807) is 0 Å². The minimum Gasteiger partial charge on any atom is -0.390 e. The summed E-state index contributed by atoms with van der Waals surface area (Å²) in [7, 11) is -11.1. The van der Waals surface area contributed by atoms with Crippen LogP contribution in [0.3, 0.4) is 0 Å². The van der Waals surface area contributed by atoms with Crippen molar-refractivity contribution >= 4 is 21.6 Å². The van der Waals surface area contributed by atoms with Crippen molar-refractivity contribution in [3.8, 4) is 0 Å². The Morgan fingerprint density at radius 3 is 1.14 bits per heavy atom. The number of hydrogen-bond donors (Lipinski definition) is 17. The van der Waals surface area contributed by atoms with E-state index in [1.165, 1.54) is 148 Å². The first-order valence-electron chi connectivity index (χ1n) is 34.3. The predicted octanol–water partition coefficient (Wildman–Crippen LogP) is 5.14. The van der Waals surface area contributed by atoms with Gasteiger partial charge in [0.1, 0.15) is 104 Å². The average Bonchev–Trinajstić information content (AvgIpc) is 1.06. The van der Waals surface area contributed by atoms with Crippen LogP contribution in [-0.2, 0) is 41.5 Å². The van der Waals surface area contributed by atoms with Gasteiger partial charge < -0.3 is 96.1 Å². The fourth-order valence-corrected chi connectivity index (χ4v) is 13.9. The molecule has 90 heavy (non-hydrogen) atoms. The lowest BCUT2D eigenvalue weighted by Crippen LogP contribution is -2.67. The molecule has 0 bridgehead atoms. The number of amides is 1. The first-order chi connectivity index (χ1) is 42.9. The summed E-state index contributed by atoms with van der Waals surface area (Å²) in [6, 6.07) is -1.51. The minimum absolute atomic E-state index is 0.0212. The SMILES string of the molecule is CCCCCCCCCCCCCCCCCCCCCCCC(=O)N[C@@H](COP(=O)(O)O[C@H]1C(O)C(O)C(O)[C@@H](O)C1O[C@H]1O[C@H](COP(=O)(O)OC2C(O)C(O)C(O)[C@@H](O)C2O)[C@@H](O)C(O)C1O)[C@H](O)[C@H](O)CCCCCCCCCCCCCCCC. The van der Waals surface area contributed by atoms with Gasteiger partial charge in [0, 0.05) is 6.42 Å². The molecule has 13 unspecified atom stereocenters. The van der Waals surface area contributed by atoms with Crippen molar-refractivity contribution in [2.45, 2.75) is 374 Å². The molecule has 26 nitrogen and oxygen atoms in total. The zero-order valence-electron chi connectivity index (χ0n) is 53.8. The van der Waals surface area contributed by atoms with Gasteiger partial charge in [-0.1, -0.05) is 232 Å². The van der Waals surface area contributed by atoms with Crippen LogP contribution in [-0.4, -0.2) is 223 Å². The maximum atomic E-state index is 13.8. The Bertz CT molecular complexity index is 1920. The summed E-state index contributed by atoms with van der Waals surface area (Å²) in [5.41, 5.74) is 0. The number of aliphatic hydroxyl groups is 14. The molecular formula is C62H121NO25P2. The summed E-state index contributed by atoms with van der Waals surface area (Å²) in [4.78, 5) is 35.0. The molecule has 0 aromatic rings. The Kier molecular flexibility index (Phi) is 42.8. The number of ether oxygens (including phenoxy) is 2.